The van der Waals surface area contributed by atoms with Crippen LogP contribution >= 0.6 is 0 Å². The van der Waals surface area contributed by atoms with Gasteiger partial charge in [-0.05, 0) is 51.5 Å². The van der Waals surface area contributed by atoms with Gasteiger partial charge < -0.3 is 10.2 Å². The molecule has 0 aliphatic carbocycles. The highest BCUT2D eigenvalue weighted by atomic mass is 32.2. The van der Waals surface area contributed by atoms with Crippen molar-refractivity contribution in [3.05, 3.63) is 24.3 Å². The molecule has 1 rings (SSSR count). The van der Waals surface area contributed by atoms with Crippen molar-refractivity contribution in [1.29, 1.82) is 0 Å². The van der Waals surface area contributed by atoms with Crippen LogP contribution in [0.3, 0.4) is 0 Å². The van der Waals surface area contributed by atoms with Gasteiger partial charge in [-0.15, -0.1) is 0 Å². The van der Waals surface area contributed by atoms with Gasteiger partial charge in [-0.1, -0.05) is 26.0 Å². The lowest BCUT2D eigenvalue weighted by Crippen LogP contribution is -2.26. The summed E-state index contributed by atoms with van der Waals surface area (Å²) < 4.78 is 23.1. The molecule has 5 nitrogen and oxygen atoms in total. The highest BCUT2D eigenvalue weighted by molar-refractivity contribution is 7.89. The number of hydrogen-bond acceptors (Lipinski definition) is 4. The van der Waals surface area contributed by atoms with Gasteiger partial charge in [0.15, 0.2) is 0 Å². The first kappa shape index (κ1) is 17.9. The molecule has 0 aromatic heterocycles. The van der Waals surface area contributed by atoms with E-state index in [0.29, 0.717) is 5.69 Å². The molecule has 0 spiro atoms. The maximum atomic E-state index is 11.5. The van der Waals surface area contributed by atoms with Gasteiger partial charge >= 0.3 is 0 Å². The van der Waals surface area contributed by atoms with Crippen LogP contribution in [0.2, 0.25) is 0 Å². The van der Waals surface area contributed by atoms with Crippen molar-refractivity contribution >= 4 is 15.7 Å². The minimum absolute atomic E-state index is 0.153. The Morgan fingerprint density at radius 2 is 1.86 bits per heavy atom. The van der Waals surface area contributed by atoms with Gasteiger partial charge in [-0.25, -0.2) is 13.6 Å². The largest absolute Gasteiger partial charge is 0.381 e. The maximum Gasteiger partial charge on any atom is 0.240 e. The predicted octanol–water partition coefficient (Wildman–Crippen LogP) is 2.26. The monoisotopic (exact) mass is 313 g/mol. The Kier molecular flexibility index (Phi) is 7.14. The van der Waals surface area contributed by atoms with Crippen molar-refractivity contribution in [2.75, 3.05) is 25.0 Å². The fourth-order valence-electron chi connectivity index (χ4n) is 2.33. The lowest BCUT2D eigenvalue weighted by molar-refractivity contribution is 0.295. The highest BCUT2D eigenvalue weighted by Crippen LogP contribution is 2.20. The zero-order chi connectivity index (χ0) is 15.9. The second-order valence-electron chi connectivity index (χ2n) is 5.26. The van der Waals surface area contributed by atoms with E-state index in [2.05, 4.69) is 31.0 Å². The molecule has 0 aliphatic heterocycles. The summed E-state index contributed by atoms with van der Waals surface area (Å²) in [6.07, 6.45) is 2.06. The average Bonchev–Trinajstić information content (AvgIpc) is 2.43. The third-order valence-corrected chi connectivity index (χ3v) is 4.57. The summed E-state index contributed by atoms with van der Waals surface area (Å²) in [5.74, 6) is 0. The van der Waals surface area contributed by atoms with E-state index in [-0.39, 0.29) is 10.9 Å². The molecule has 21 heavy (non-hydrogen) atoms. The molecule has 0 saturated carbocycles. The van der Waals surface area contributed by atoms with E-state index in [9.17, 15) is 8.42 Å². The Balaban J connectivity index is 2.58. The summed E-state index contributed by atoms with van der Waals surface area (Å²) in [5, 5.41) is 8.48. The fourth-order valence-corrected chi connectivity index (χ4v) is 3.03. The van der Waals surface area contributed by atoms with Gasteiger partial charge in [0.1, 0.15) is 4.90 Å². The number of anilines is 1. The van der Waals surface area contributed by atoms with E-state index in [0.717, 1.165) is 32.5 Å². The molecular weight excluding hydrogens is 286 g/mol. The van der Waals surface area contributed by atoms with Gasteiger partial charge in [0.05, 0.1) is 5.69 Å². The van der Waals surface area contributed by atoms with Crippen LogP contribution in [0, 0.1) is 0 Å². The molecule has 0 amide bonds. The number of rotatable bonds is 9. The second-order valence-corrected chi connectivity index (χ2v) is 6.79. The van der Waals surface area contributed by atoms with Gasteiger partial charge in [0.25, 0.3) is 0 Å². The molecule has 0 heterocycles. The van der Waals surface area contributed by atoms with Crippen molar-refractivity contribution in [3.8, 4) is 0 Å². The van der Waals surface area contributed by atoms with Crippen LogP contribution in [0.4, 0.5) is 5.69 Å². The number of nitrogens with zero attached hydrogens (tertiary/aromatic N) is 1. The summed E-state index contributed by atoms with van der Waals surface area (Å²) in [6, 6.07) is 6.96. The third-order valence-electron chi connectivity index (χ3n) is 3.60. The molecule has 0 fully saturated rings. The van der Waals surface area contributed by atoms with Crippen LogP contribution in [0.25, 0.3) is 0 Å². The van der Waals surface area contributed by atoms with Gasteiger partial charge in [0, 0.05) is 6.04 Å². The quantitative estimate of drug-likeness (QED) is 0.733. The first-order valence-corrected chi connectivity index (χ1v) is 9.03. The second kappa shape index (κ2) is 8.36. The van der Waals surface area contributed by atoms with Crippen LogP contribution < -0.4 is 10.5 Å². The van der Waals surface area contributed by atoms with Crippen LogP contribution in [-0.2, 0) is 10.0 Å². The number of nitrogens with one attached hydrogen (secondary N) is 1. The number of sulfonamides is 1. The Hall–Kier alpha value is -1.11. The number of nitrogens with two attached hydrogens (primary N) is 1. The lowest BCUT2D eigenvalue weighted by Gasteiger charge is -2.21. The molecule has 0 radical (unpaired) electrons. The zero-order valence-corrected chi connectivity index (χ0v) is 14.0. The van der Waals surface area contributed by atoms with Crippen molar-refractivity contribution in [3.63, 3.8) is 0 Å². The summed E-state index contributed by atoms with van der Waals surface area (Å²) in [7, 11) is -3.69. The molecule has 0 aliphatic rings. The van der Waals surface area contributed by atoms with Crippen molar-refractivity contribution in [1.82, 2.24) is 4.90 Å². The van der Waals surface area contributed by atoms with Crippen LogP contribution in [0.1, 0.15) is 33.6 Å². The lowest BCUT2D eigenvalue weighted by atomic mass is 10.1. The van der Waals surface area contributed by atoms with Crippen molar-refractivity contribution < 1.29 is 8.42 Å². The van der Waals surface area contributed by atoms with E-state index >= 15 is 0 Å². The normalized spacial score (nSPS) is 13.4. The predicted molar refractivity (Wildman–Crippen MR) is 87.9 cm³/mol. The summed E-state index contributed by atoms with van der Waals surface area (Å²) in [6.45, 7) is 9.57. The van der Waals surface area contributed by atoms with Crippen LogP contribution in [-0.4, -0.2) is 39.0 Å². The van der Waals surface area contributed by atoms with Crippen LogP contribution in [0.5, 0.6) is 0 Å². The molecule has 6 heteroatoms. The maximum absolute atomic E-state index is 11.5. The minimum Gasteiger partial charge on any atom is -0.381 e. The molecule has 1 unspecified atom stereocenters. The third kappa shape index (κ3) is 6.03. The van der Waals surface area contributed by atoms with E-state index in [1.807, 2.05) is 0 Å². The summed E-state index contributed by atoms with van der Waals surface area (Å²) >= 11 is 0. The number of primary sulfonamides is 1. The average molecular weight is 313 g/mol. The Bertz CT molecular complexity index is 527. The molecule has 1 aromatic carbocycles. The molecule has 0 bridgehead atoms. The van der Waals surface area contributed by atoms with Gasteiger partial charge in [0.2, 0.25) is 10.0 Å². The Morgan fingerprint density at radius 1 is 1.24 bits per heavy atom. The zero-order valence-electron chi connectivity index (χ0n) is 13.2. The number of benzene rings is 1. The first-order valence-electron chi connectivity index (χ1n) is 7.49. The van der Waals surface area contributed by atoms with Crippen LogP contribution in [0.15, 0.2) is 29.2 Å². The van der Waals surface area contributed by atoms with E-state index in [1.165, 1.54) is 6.07 Å². The Morgan fingerprint density at radius 3 is 2.43 bits per heavy atom. The molecule has 3 N–H and O–H groups in total. The number of para-hydroxylation sites is 1. The molecule has 120 valence electrons. The van der Waals surface area contributed by atoms with Gasteiger partial charge in [-0.2, -0.15) is 0 Å². The standard InChI is InChI=1S/C15H27N3O2S/c1-4-18(5-2)12-8-9-13(3)17-14-10-6-7-11-15(14)21(16,19)20/h6-7,10-11,13,17H,4-5,8-9,12H2,1-3H3,(H2,16,19,20). The van der Waals surface area contributed by atoms with Gasteiger partial charge in [-0.3, -0.25) is 0 Å². The SMILES string of the molecule is CCN(CC)CCCC(C)Nc1ccccc1S(N)(=O)=O. The smallest absolute Gasteiger partial charge is 0.240 e. The van der Waals surface area contributed by atoms with Crippen molar-refractivity contribution in [2.45, 2.75) is 44.6 Å². The van der Waals surface area contributed by atoms with E-state index in [4.69, 9.17) is 5.14 Å². The molecule has 1 aromatic rings. The molecule has 1 atom stereocenters. The molecular formula is C15H27N3O2S. The number of hydrogen-bond donors (Lipinski definition) is 2. The Labute approximate surface area is 128 Å². The molecule has 0 saturated heterocycles. The highest BCUT2D eigenvalue weighted by Gasteiger charge is 2.14. The summed E-state index contributed by atoms with van der Waals surface area (Å²) in [4.78, 5) is 2.53. The topological polar surface area (TPSA) is 75.4 Å². The first-order chi connectivity index (χ1) is 9.88. The minimum atomic E-state index is -3.69. The summed E-state index contributed by atoms with van der Waals surface area (Å²) in [5.41, 5.74) is 0.579. The van der Waals surface area contributed by atoms with E-state index in [1.54, 1.807) is 18.2 Å². The fraction of sp³-hybridized carbons (Fsp3) is 0.600. The van der Waals surface area contributed by atoms with E-state index < -0.39 is 10.0 Å². The van der Waals surface area contributed by atoms with Crippen molar-refractivity contribution in [2.24, 2.45) is 5.14 Å².